The van der Waals surface area contributed by atoms with Crippen LogP contribution in [0.2, 0.25) is 0 Å². The largest absolute Gasteiger partial charge is 0.381 e. The number of rotatable bonds is 10. The Kier molecular flexibility index (Phi) is 7.06. The van der Waals surface area contributed by atoms with Crippen LogP contribution in [0.4, 0.5) is 0 Å². The van der Waals surface area contributed by atoms with Crippen molar-refractivity contribution in [3.8, 4) is 0 Å². The second-order valence-corrected chi connectivity index (χ2v) is 5.17. The maximum atomic E-state index is 5.76. The quantitative estimate of drug-likeness (QED) is 0.530. The minimum atomic E-state index is 0.376. The zero-order chi connectivity index (χ0) is 11.7. The molecule has 0 amide bonds. The van der Waals surface area contributed by atoms with Crippen LogP contribution in [0.5, 0.6) is 0 Å². The molecule has 1 fully saturated rings. The first-order chi connectivity index (χ1) is 7.83. The van der Waals surface area contributed by atoms with Crippen molar-refractivity contribution in [3.63, 3.8) is 0 Å². The molecule has 96 valence electrons. The van der Waals surface area contributed by atoms with Gasteiger partial charge in [0.05, 0.1) is 13.2 Å². The molecule has 0 heterocycles. The van der Waals surface area contributed by atoms with Gasteiger partial charge in [-0.2, -0.15) is 0 Å². The molecule has 0 atom stereocenters. The summed E-state index contributed by atoms with van der Waals surface area (Å²) in [5.74, 6) is 0. The molecule has 0 aliphatic heterocycles. The average molecular weight is 228 g/mol. The van der Waals surface area contributed by atoms with Gasteiger partial charge in [0.2, 0.25) is 0 Å². The van der Waals surface area contributed by atoms with E-state index in [1.807, 2.05) is 0 Å². The molecule has 0 aromatic carbocycles. The predicted octanol–water partition coefficient (Wildman–Crippen LogP) is 3.79. The summed E-state index contributed by atoms with van der Waals surface area (Å²) in [7, 11) is 0. The van der Waals surface area contributed by atoms with Gasteiger partial charge in [-0.15, -0.1) is 0 Å². The van der Waals surface area contributed by atoms with Crippen molar-refractivity contribution in [1.82, 2.24) is 0 Å². The van der Waals surface area contributed by atoms with E-state index >= 15 is 0 Å². The van der Waals surface area contributed by atoms with Crippen LogP contribution in [0.25, 0.3) is 0 Å². The first kappa shape index (κ1) is 14.0. The zero-order valence-electron chi connectivity index (χ0n) is 11.1. The predicted molar refractivity (Wildman–Crippen MR) is 67.7 cm³/mol. The molecule has 16 heavy (non-hydrogen) atoms. The van der Waals surface area contributed by atoms with Gasteiger partial charge in [-0.3, -0.25) is 0 Å². The fraction of sp³-hybridized carbons (Fsp3) is 1.00. The summed E-state index contributed by atoms with van der Waals surface area (Å²) in [4.78, 5) is 0. The van der Waals surface area contributed by atoms with Crippen molar-refractivity contribution < 1.29 is 9.47 Å². The second-order valence-electron chi connectivity index (χ2n) is 5.17. The van der Waals surface area contributed by atoms with Gasteiger partial charge in [0, 0.05) is 18.6 Å². The normalized spacial score (nSPS) is 18.4. The van der Waals surface area contributed by atoms with Crippen LogP contribution in [0, 0.1) is 5.41 Å². The van der Waals surface area contributed by atoms with Gasteiger partial charge in [-0.05, 0) is 25.7 Å². The Morgan fingerprint density at radius 2 is 1.38 bits per heavy atom. The van der Waals surface area contributed by atoms with E-state index in [1.165, 1.54) is 44.9 Å². The maximum Gasteiger partial charge on any atom is 0.0544 e. The van der Waals surface area contributed by atoms with Crippen molar-refractivity contribution in [2.75, 3.05) is 26.4 Å². The molecule has 0 bridgehead atoms. The summed E-state index contributed by atoms with van der Waals surface area (Å²) in [6.07, 6.45) is 8.77. The van der Waals surface area contributed by atoms with Crippen LogP contribution in [-0.2, 0) is 9.47 Å². The van der Waals surface area contributed by atoms with E-state index in [0.717, 1.165) is 26.4 Å². The molecule has 2 nitrogen and oxygen atoms in total. The van der Waals surface area contributed by atoms with Crippen LogP contribution < -0.4 is 0 Å². The molecular weight excluding hydrogens is 200 g/mol. The minimum absolute atomic E-state index is 0.376. The summed E-state index contributed by atoms with van der Waals surface area (Å²) in [5.41, 5.74) is 0.376. The summed E-state index contributed by atoms with van der Waals surface area (Å²) in [6.45, 7) is 8.09. The van der Waals surface area contributed by atoms with Gasteiger partial charge in [-0.1, -0.05) is 33.1 Å². The topological polar surface area (TPSA) is 18.5 Å². The van der Waals surface area contributed by atoms with Gasteiger partial charge >= 0.3 is 0 Å². The molecule has 0 unspecified atom stereocenters. The fourth-order valence-electron chi connectivity index (χ4n) is 2.08. The lowest BCUT2D eigenvalue weighted by Gasteiger charge is -2.41. The lowest BCUT2D eigenvalue weighted by atomic mass is 9.70. The molecule has 2 heteroatoms. The van der Waals surface area contributed by atoms with Crippen molar-refractivity contribution >= 4 is 0 Å². The van der Waals surface area contributed by atoms with Crippen LogP contribution >= 0.6 is 0 Å². The molecule has 1 aliphatic rings. The first-order valence-corrected chi connectivity index (χ1v) is 6.98. The number of hydrogen-bond donors (Lipinski definition) is 0. The SMILES string of the molecule is CCCCOCC1(COCCCC)CCC1. The summed E-state index contributed by atoms with van der Waals surface area (Å²) in [6, 6.07) is 0. The lowest BCUT2D eigenvalue weighted by Crippen LogP contribution is -2.39. The molecule has 0 aromatic heterocycles. The standard InChI is InChI=1S/C14H28O2/c1-3-5-10-15-12-14(8-7-9-14)13-16-11-6-4-2/h3-13H2,1-2H3. The van der Waals surface area contributed by atoms with Gasteiger partial charge in [0.25, 0.3) is 0 Å². The number of ether oxygens (including phenoxy) is 2. The Bertz CT molecular complexity index is 150. The molecule has 0 spiro atoms. The van der Waals surface area contributed by atoms with Crippen molar-refractivity contribution in [1.29, 1.82) is 0 Å². The fourth-order valence-corrected chi connectivity index (χ4v) is 2.08. The molecule has 1 aliphatic carbocycles. The van der Waals surface area contributed by atoms with Crippen LogP contribution in [0.1, 0.15) is 58.8 Å². The van der Waals surface area contributed by atoms with Crippen LogP contribution in [0.15, 0.2) is 0 Å². The van der Waals surface area contributed by atoms with Gasteiger partial charge in [-0.25, -0.2) is 0 Å². The minimum Gasteiger partial charge on any atom is -0.381 e. The smallest absolute Gasteiger partial charge is 0.0544 e. The Labute approximate surface area is 101 Å². The summed E-state index contributed by atoms with van der Waals surface area (Å²) < 4.78 is 11.5. The molecular formula is C14H28O2. The van der Waals surface area contributed by atoms with Crippen molar-refractivity contribution in [2.45, 2.75) is 58.8 Å². The van der Waals surface area contributed by atoms with Crippen LogP contribution in [-0.4, -0.2) is 26.4 Å². The molecule has 1 rings (SSSR count). The Morgan fingerprint density at radius 1 is 0.875 bits per heavy atom. The Morgan fingerprint density at radius 3 is 1.69 bits per heavy atom. The average Bonchev–Trinajstić information content (AvgIpc) is 2.25. The van der Waals surface area contributed by atoms with Crippen LogP contribution in [0.3, 0.4) is 0 Å². The van der Waals surface area contributed by atoms with E-state index in [0.29, 0.717) is 5.41 Å². The maximum absolute atomic E-state index is 5.76. The van der Waals surface area contributed by atoms with Gasteiger partial charge in [0.1, 0.15) is 0 Å². The van der Waals surface area contributed by atoms with Gasteiger partial charge in [0.15, 0.2) is 0 Å². The highest BCUT2D eigenvalue weighted by atomic mass is 16.5. The number of hydrogen-bond acceptors (Lipinski definition) is 2. The lowest BCUT2D eigenvalue weighted by molar-refractivity contribution is -0.0665. The molecule has 0 radical (unpaired) electrons. The van der Waals surface area contributed by atoms with Crippen molar-refractivity contribution in [3.05, 3.63) is 0 Å². The number of unbranched alkanes of at least 4 members (excludes halogenated alkanes) is 2. The third kappa shape index (κ3) is 4.84. The van der Waals surface area contributed by atoms with E-state index in [2.05, 4.69) is 13.8 Å². The second kappa shape index (κ2) is 8.08. The van der Waals surface area contributed by atoms with E-state index in [-0.39, 0.29) is 0 Å². The van der Waals surface area contributed by atoms with E-state index < -0.39 is 0 Å². The van der Waals surface area contributed by atoms with E-state index in [4.69, 9.17) is 9.47 Å². The third-order valence-corrected chi connectivity index (χ3v) is 3.52. The molecule has 0 aromatic rings. The Hall–Kier alpha value is -0.0800. The van der Waals surface area contributed by atoms with E-state index in [9.17, 15) is 0 Å². The summed E-state index contributed by atoms with van der Waals surface area (Å²) in [5, 5.41) is 0. The highest BCUT2D eigenvalue weighted by Gasteiger charge is 2.37. The molecule has 0 N–H and O–H groups in total. The third-order valence-electron chi connectivity index (χ3n) is 3.52. The first-order valence-electron chi connectivity index (χ1n) is 6.98. The molecule has 0 saturated heterocycles. The van der Waals surface area contributed by atoms with Gasteiger partial charge < -0.3 is 9.47 Å². The highest BCUT2D eigenvalue weighted by molar-refractivity contribution is 4.87. The Balaban J connectivity index is 2.07. The molecule has 1 saturated carbocycles. The highest BCUT2D eigenvalue weighted by Crippen LogP contribution is 2.41. The van der Waals surface area contributed by atoms with Crippen molar-refractivity contribution in [2.24, 2.45) is 5.41 Å². The summed E-state index contributed by atoms with van der Waals surface area (Å²) >= 11 is 0. The van der Waals surface area contributed by atoms with E-state index in [1.54, 1.807) is 0 Å². The zero-order valence-corrected chi connectivity index (χ0v) is 11.1. The monoisotopic (exact) mass is 228 g/mol.